The number of benzene rings is 2. The number of aromatic nitrogens is 1. The Morgan fingerprint density at radius 3 is 2.41 bits per heavy atom. The molecule has 4 aromatic rings. The van der Waals surface area contributed by atoms with Crippen LogP contribution in [0.25, 0.3) is 10.2 Å². The van der Waals surface area contributed by atoms with Gasteiger partial charge in [-0.3, -0.25) is 4.79 Å². The van der Waals surface area contributed by atoms with Gasteiger partial charge in [-0.15, -0.1) is 11.3 Å². The first kappa shape index (κ1) is 19.0. The molecule has 0 aliphatic carbocycles. The second kappa shape index (κ2) is 8.32. The minimum absolute atomic E-state index is 0.357. The Hall–Kier alpha value is -3.38. The number of hydrogen-bond acceptors (Lipinski definition) is 4. The average Bonchev–Trinajstić information content (AvgIpc) is 3.34. The van der Waals surface area contributed by atoms with Crippen molar-refractivity contribution in [2.24, 2.45) is 7.05 Å². The second-order valence-corrected chi connectivity index (χ2v) is 7.61. The van der Waals surface area contributed by atoms with Crippen LogP contribution in [0.4, 0.5) is 0 Å². The molecule has 0 radical (unpaired) electrons. The van der Waals surface area contributed by atoms with Crippen molar-refractivity contribution in [3.05, 3.63) is 95.0 Å². The first-order chi connectivity index (χ1) is 14.1. The van der Waals surface area contributed by atoms with Gasteiger partial charge in [0, 0.05) is 19.2 Å². The third-order valence-electron chi connectivity index (χ3n) is 4.75. The Morgan fingerprint density at radius 1 is 1.03 bits per heavy atom. The number of rotatable bonds is 6. The molecule has 6 heteroatoms. The highest BCUT2D eigenvalue weighted by molar-refractivity contribution is 7.17. The zero-order valence-corrected chi connectivity index (χ0v) is 16.7. The Morgan fingerprint density at radius 2 is 1.72 bits per heavy atom. The van der Waals surface area contributed by atoms with Crippen LogP contribution in [0.5, 0.6) is 0 Å². The smallest absolute Gasteiger partial charge is 0.356 e. The van der Waals surface area contributed by atoms with Gasteiger partial charge >= 0.3 is 5.97 Å². The number of amides is 1. The number of aryl methyl sites for hydroxylation is 1. The molecule has 0 unspecified atom stereocenters. The average molecular weight is 404 g/mol. The molecule has 1 atom stereocenters. The van der Waals surface area contributed by atoms with Crippen molar-refractivity contribution >= 4 is 33.4 Å². The van der Waals surface area contributed by atoms with Crippen LogP contribution in [0.2, 0.25) is 0 Å². The molecule has 0 aliphatic rings. The number of nitrogens with zero attached hydrogens (tertiary/aromatic N) is 1. The molecule has 2 aromatic heterocycles. The summed E-state index contributed by atoms with van der Waals surface area (Å²) in [5, 5.41) is 4.85. The predicted molar refractivity (Wildman–Crippen MR) is 114 cm³/mol. The Labute approximate surface area is 172 Å². The highest BCUT2D eigenvalue weighted by Gasteiger charge is 2.27. The number of ether oxygens (including phenoxy) is 1. The van der Waals surface area contributed by atoms with Gasteiger partial charge in [0.15, 0.2) is 0 Å². The molecule has 0 saturated carbocycles. The first-order valence-electron chi connectivity index (χ1n) is 9.24. The second-order valence-electron chi connectivity index (χ2n) is 6.66. The monoisotopic (exact) mass is 404 g/mol. The summed E-state index contributed by atoms with van der Waals surface area (Å²) >= 11 is 1.56. The summed E-state index contributed by atoms with van der Waals surface area (Å²) in [6.07, 6.45) is -1.03. The summed E-state index contributed by atoms with van der Waals surface area (Å²) in [4.78, 5) is 25.8. The van der Waals surface area contributed by atoms with Gasteiger partial charge < -0.3 is 14.6 Å². The van der Waals surface area contributed by atoms with Crippen LogP contribution in [0.3, 0.4) is 0 Å². The van der Waals surface area contributed by atoms with Crippen molar-refractivity contribution in [1.29, 1.82) is 0 Å². The first-order valence-corrected chi connectivity index (χ1v) is 10.1. The third kappa shape index (κ3) is 4.07. The van der Waals surface area contributed by atoms with Gasteiger partial charge in [-0.05, 0) is 23.1 Å². The molecule has 0 saturated heterocycles. The number of fused-ring (bicyclic) bond motifs is 1. The zero-order chi connectivity index (χ0) is 20.2. The minimum atomic E-state index is -1.03. The van der Waals surface area contributed by atoms with E-state index < -0.39 is 12.1 Å². The maximum absolute atomic E-state index is 12.9. The lowest BCUT2D eigenvalue weighted by atomic mass is 10.1. The summed E-state index contributed by atoms with van der Waals surface area (Å²) in [5.74, 6) is -0.885. The van der Waals surface area contributed by atoms with Crippen LogP contribution in [-0.2, 0) is 23.1 Å². The Kier molecular flexibility index (Phi) is 5.44. The van der Waals surface area contributed by atoms with Gasteiger partial charge in [-0.1, -0.05) is 60.7 Å². The largest absolute Gasteiger partial charge is 0.443 e. The molecule has 146 valence electrons. The van der Waals surface area contributed by atoms with E-state index in [1.807, 2.05) is 67.0 Å². The highest BCUT2D eigenvalue weighted by atomic mass is 32.1. The molecule has 2 heterocycles. The van der Waals surface area contributed by atoms with Gasteiger partial charge in [-0.2, -0.15) is 0 Å². The standard InChI is InChI=1S/C23H20N2O3S/c1-25-18-12-13-29-20(18)14-19(25)23(27)28-21(17-10-6-3-7-11-17)22(26)24-15-16-8-4-2-5-9-16/h2-14,21H,15H2,1H3,(H,24,26)/t21-/m0/s1. The van der Waals surface area contributed by atoms with Gasteiger partial charge in [-0.25, -0.2) is 4.79 Å². The maximum Gasteiger partial charge on any atom is 0.356 e. The van der Waals surface area contributed by atoms with E-state index in [1.165, 1.54) is 0 Å². The van der Waals surface area contributed by atoms with Crippen molar-refractivity contribution in [1.82, 2.24) is 9.88 Å². The molecule has 1 amide bonds. The number of thiophene rings is 1. The van der Waals surface area contributed by atoms with Crippen LogP contribution in [0, 0.1) is 0 Å². The van der Waals surface area contributed by atoms with E-state index in [1.54, 1.807) is 34.1 Å². The lowest BCUT2D eigenvalue weighted by molar-refractivity contribution is -0.130. The number of nitrogens with one attached hydrogen (secondary N) is 1. The predicted octanol–water partition coefficient (Wildman–Crippen LogP) is 4.45. The highest BCUT2D eigenvalue weighted by Crippen LogP contribution is 2.26. The molecule has 0 fully saturated rings. The number of hydrogen-bond donors (Lipinski definition) is 1. The van der Waals surface area contributed by atoms with E-state index in [9.17, 15) is 9.59 Å². The van der Waals surface area contributed by atoms with Crippen molar-refractivity contribution in [2.75, 3.05) is 0 Å². The normalized spacial score (nSPS) is 11.9. The molecule has 0 aliphatic heterocycles. The molecular weight excluding hydrogens is 384 g/mol. The van der Waals surface area contributed by atoms with E-state index in [-0.39, 0.29) is 5.91 Å². The van der Waals surface area contributed by atoms with Crippen molar-refractivity contribution in [3.63, 3.8) is 0 Å². The van der Waals surface area contributed by atoms with Crippen molar-refractivity contribution in [2.45, 2.75) is 12.6 Å². The number of carbonyl (C=O) groups is 2. The molecule has 2 aromatic carbocycles. The summed E-state index contributed by atoms with van der Waals surface area (Å²) in [6, 6.07) is 22.4. The third-order valence-corrected chi connectivity index (χ3v) is 5.60. The molecule has 4 rings (SSSR count). The molecule has 5 nitrogen and oxygen atoms in total. The summed E-state index contributed by atoms with van der Waals surface area (Å²) in [5.41, 5.74) is 2.99. The molecule has 29 heavy (non-hydrogen) atoms. The van der Waals surface area contributed by atoms with E-state index in [4.69, 9.17) is 4.74 Å². The number of esters is 1. The van der Waals surface area contributed by atoms with Crippen LogP contribution < -0.4 is 5.32 Å². The lowest BCUT2D eigenvalue weighted by Gasteiger charge is -2.18. The lowest BCUT2D eigenvalue weighted by Crippen LogP contribution is -2.32. The van der Waals surface area contributed by atoms with Crippen LogP contribution in [0.15, 0.2) is 78.2 Å². The number of carbonyl (C=O) groups excluding carboxylic acids is 2. The zero-order valence-electron chi connectivity index (χ0n) is 15.9. The van der Waals surface area contributed by atoms with Gasteiger partial charge in [0.2, 0.25) is 6.10 Å². The molecule has 0 bridgehead atoms. The fraction of sp³-hybridized carbons (Fsp3) is 0.130. The van der Waals surface area contributed by atoms with Crippen LogP contribution in [-0.4, -0.2) is 16.4 Å². The van der Waals surface area contributed by atoms with E-state index in [2.05, 4.69) is 5.32 Å². The van der Waals surface area contributed by atoms with E-state index >= 15 is 0 Å². The minimum Gasteiger partial charge on any atom is -0.443 e. The van der Waals surface area contributed by atoms with E-state index in [0.29, 0.717) is 17.8 Å². The van der Waals surface area contributed by atoms with Gasteiger partial charge in [0.05, 0.1) is 10.2 Å². The summed E-state index contributed by atoms with van der Waals surface area (Å²) < 4.78 is 8.48. The fourth-order valence-corrected chi connectivity index (χ4v) is 4.04. The topological polar surface area (TPSA) is 60.3 Å². The molecule has 1 N–H and O–H groups in total. The Bertz CT molecular complexity index is 1130. The van der Waals surface area contributed by atoms with Gasteiger partial charge in [0.25, 0.3) is 5.91 Å². The SMILES string of the molecule is Cn1c(C(=O)O[C@H](C(=O)NCc2ccccc2)c2ccccc2)cc2sccc21. The van der Waals surface area contributed by atoms with Crippen molar-refractivity contribution in [3.8, 4) is 0 Å². The summed E-state index contributed by atoms with van der Waals surface area (Å²) in [6.45, 7) is 0.362. The van der Waals surface area contributed by atoms with Crippen LogP contribution >= 0.6 is 11.3 Å². The molecule has 0 spiro atoms. The quantitative estimate of drug-likeness (QED) is 0.483. The summed E-state index contributed by atoms with van der Waals surface area (Å²) in [7, 11) is 1.82. The van der Waals surface area contributed by atoms with E-state index in [0.717, 1.165) is 15.8 Å². The fourth-order valence-electron chi connectivity index (χ4n) is 3.19. The van der Waals surface area contributed by atoms with Crippen LogP contribution in [0.1, 0.15) is 27.7 Å². The Balaban J connectivity index is 1.55. The van der Waals surface area contributed by atoms with Crippen molar-refractivity contribution < 1.29 is 14.3 Å². The molecular formula is C23H20N2O3S. The maximum atomic E-state index is 12.9. The van der Waals surface area contributed by atoms with Gasteiger partial charge in [0.1, 0.15) is 5.69 Å².